The molecule has 0 atom stereocenters. The third kappa shape index (κ3) is 4.51. The summed E-state index contributed by atoms with van der Waals surface area (Å²) in [6, 6.07) is 7.48. The Hall–Kier alpha value is -1.48. The van der Waals surface area contributed by atoms with Crippen LogP contribution in [0.3, 0.4) is 0 Å². The number of benzene rings is 1. The standard InChI is InChI=1S/C11H13ClN2O/c1-9(15)14-11-5-3-10(4-6-11)13-8-2-7-12/h2-7,13H,8H2,1H3,(H,14,15)/b7-2+. The lowest BCUT2D eigenvalue weighted by Crippen LogP contribution is -2.05. The third-order valence-electron chi connectivity index (χ3n) is 1.72. The second-order valence-corrected chi connectivity index (χ2v) is 3.25. The molecule has 0 unspecified atom stereocenters. The van der Waals surface area contributed by atoms with Crippen LogP contribution in [0.5, 0.6) is 0 Å². The van der Waals surface area contributed by atoms with Gasteiger partial charge >= 0.3 is 0 Å². The Balaban J connectivity index is 2.52. The Morgan fingerprint density at radius 3 is 2.47 bits per heavy atom. The van der Waals surface area contributed by atoms with Gasteiger partial charge in [-0.05, 0) is 24.3 Å². The molecule has 0 fully saturated rings. The van der Waals surface area contributed by atoms with Crippen molar-refractivity contribution in [1.82, 2.24) is 0 Å². The molecule has 4 heteroatoms. The van der Waals surface area contributed by atoms with Gasteiger partial charge in [-0.1, -0.05) is 17.7 Å². The number of nitrogens with one attached hydrogen (secondary N) is 2. The zero-order chi connectivity index (χ0) is 11.1. The molecule has 0 aliphatic heterocycles. The number of amides is 1. The highest BCUT2D eigenvalue weighted by molar-refractivity contribution is 6.25. The van der Waals surface area contributed by atoms with E-state index in [0.717, 1.165) is 11.4 Å². The molecule has 1 amide bonds. The molecular weight excluding hydrogens is 212 g/mol. The first-order chi connectivity index (χ1) is 7.22. The van der Waals surface area contributed by atoms with Gasteiger partial charge in [0, 0.05) is 30.4 Å². The summed E-state index contributed by atoms with van der Waals surface area (Å²) in [6.07, 6.45) is 1.81. The van der Waals surface area contributed by atoms with Crippen molar-refractivity contribution in [1.29, 1.82) is 0 Å². The Labute approximate surface area is 94.1 Å². The molecule has 3 nitrogen and oxygen atoms in total. The minimum absolute atomic E-state index is 0.0687. The lowest BCUT2D eigenvalue weighted by molar-refractivity contribution is -0.114. The third-order valence-corrected chi connectivity index (χ3v) is 1.90. The fourth-order valence-electron chi connectivity index (χ4n) is 1.10. The molecule has 0 saturated carbocycles. The van der Waals surface area contributed by atoms with Gasteiger partial charge in [0.25, 0.3) is 0 Å². The minimum atomic E-state index is -0.0687. The molecule has 0 bridgehead atoms. The Morgan fingerprint density at radius 2 is 1.93 bits per heavy atom. The number of halogens is 1. The quantitative estimate of drug-likeness (QED) is 0.826. The molecule has 2 N–H and O–H groups in total. The number of carbonyl (C=O) groups excluding carboxylic acids is 1. The fraction of sp³-hybridized carbons (Fsp3) is 0.182. The average molecular weight is 225 g/mol. The van der Waals surface area contributed by atoms with E-state index < -0.39 is 0 Å². The monoisotopic (exact) mass is 224 g/mol. The largest absolute Gasteiger partial charge is 0.382 e. The molecule has 0 saturated heterocycles. The van der Waals surface area contributed by atoms with Crippen molar-refractivity contribution in [2.75, 3.05) is 17.2 Å². The van der Waals surface area contributed by atoms with E-state index >= 15 is 0 Å². The molecule has 0 aliphatic rings. The van der Waals surface area contributed by atoms with E-state index in [9.17, 15) is 4.79 Å². The van der Waals surface area contributed by atoms with E-state index in [1.54, 1.807) is 0 Å². The highest BCUT2D eigenvalue weighted by Crippen LogP contribution is 2.13. The van der Waals surface area contributed by atoms with Crippen LogP contribution in [0.25, 0.3) is 0 Å². The van der Waals surface area contributed by atoms with Crippen LogP contribution < -0.4 is 10.6 Å². The van der Waals surface area contributed by atoms with Crippen LogP contribution in [0.1, 0.15) is 6.92 Å². The normalized spacial score (nSPS) is 10.3. The van der Waals surface area contributed by atoms with E-state index in [2.05, 4.69) is 10.6 Å². The molecule has 0 aromatic heterocycles. The number of anilines is 2. The molecular formula is C11H13ClN2O. The van der Waals surface area contributed by atoms with Crippen LogP contribution in [0.15, 0.2) is 35.9 Å². The number of rotatable bonds is 4. The van der Waals surface area contributed by atoms with Crippen LogP contribution in [-0.4, -0.2) is 12.5 Å². The number of hydrogen-bond acceptors (Lipinski definition) is 2. The Kier molecular flexibility index (Phi) is 4.71. The van der Waals surface area contributed by atoms with Crippen molar-refractivity contribution in [3.05, 3.63) is 35.9 Å². The predicted octanol–water partition coefficient (Wildman–Crippen LogP) is 2.81. The highest BCUT2D eigenvalue weighted by Gasteiger charge is 1.94. The fourth-order valence-corrected chi connectivity index (χ4v) is 1.19. The maximum atomic E-state index is 10.8. The van der Waals surface area contributed by atoms with Gasteiger partial charge in [0.1, 0.15) is 0 Å². The molecule has 0 radical (unpaired) electrons. The van der Waals surface area contributed by atoms with E-state index in [1.165, 1.54) is 12.5 Å². The highest BCUT2D eigenvalue weighted by atomic mass is 35.5. The van der Waals surface area contributed by atoms with Gasteiger partial charge in [-0.2, -0.15) is 0 Å². The van der Waals surface area contributed by atoms with Crippen molar-refractivity contribution in [3.8, 4) is 0 Å². The molecule has 1 aromatic carbocycles. The zero-order valence-corrected chi connectivity index (χ0v) is 9.21. The van der Waals surface area contributed by atoms with E-state index in [1.807, 2.05) is 30.3 Å². The summed E-state index contributed by atoms with van der Waals surface area (Å²) < 4.78 is 0. The van der Waals surface area contributed by atoms with E-state index in [0.29, 0.717) is 6.54 Å². The second kappa shape index (κ2) is 6.09. The first kappa shape index (κ1) is 11.6. The summed E-state index contributed by atoms with van der Waals surface area (Å²) in [4.78, 5) is 10.8. The van der Waals surface area contributed by atoms with Gasteiger partial charge in [0.05, 0.1) is 0 Å². The summed E-state index contributed by atoms with van der Waals surface area (Å²) in [7, 11) is 0. The summed E-state index contributed by atoms with van der Waals surface area (Å²) in [6.45, 7) is 2.17. The van der Waals surface area contributed by atoms with Gasteiger partial charge in [0.2, 0.25) is 5.91 Å². The van der Waals surface area contributed by atoms with Crippen LogP contribution in [0, 0.1) is 0 Å². The summed E-state index contributed by atoms with van der Waals surface area (Å²) in [5, 5.41) is 5.84. The Morgan fingerprint density at radius 1 is 1.33 bits per heavy atom. The lowest BCUT2D eigenvalue weighted by Gasteiger charge is -2.05. The maximum Gasteiger partial charge on any atom is 0.221 e. The summed E-state index contributed by atoms with van der Waals surface area (Å²) in [5.41, 5.74) is 3.25. The first-order valence-corrected chi connectivity index (χ1v) is 5.03. The van der Waals surface area contributed by atoms with Gasteiger partial charge in [-0.25, -0.2) is 0 Å². The summed E-state index contributed by atoms with van der Waals surface area (Å²) >= 11 is 5.38. The molecule has 15 heavy (non-hydrogen) atoms. The van der Waals surface area contributed by atoms with Crippen molar-refractivity contribution in [3.63, 3.8) is 0 Å². The summed E-state index contributed by atoms with van der Waals surface area (Å²) in [5.74, 6) is -0.0687. The van der Waals surface area contributed by atoms with E-state index in [-0.39, 0.29) is 5.91 Å². The lowest BCUT2D eigenvalue weighted by atomic mass is 10.3. The molecule has 80 valence electrons. The average Bonchev–Trinajstić information content (AvgIpc) is 2.20. The molecule has 1 aromatic rings. The first-order valence-electron chi connectivity index (χ1n) is 4.59. The SMILES string of the molecule is CC(=O)Nc1ccc(NC/C=C/Cl)cc1. The zero-order valence-electron chi connectivity index (χ0n) is 8.46. The smallest absolute Gasteiger partial charge is 0.221 e. The van der Waals surface area contributed by atoms with Crippen LogP contribution >= 0.6 is 11.6 Å². The van der Waals surface area contributed by atoms with Crippen LogP contribution in [0.2, 0.25) is 0 Å². The van der Waals surface area contributed by atoms with Gasteiger partial charge < -0.3 is 10.6 Å². The van der Waals surface area contributed by atoms with Crippen molar-refractivity contribution >= 4 is 28.9 Å². The van der Waals surface area contributed by atoms with E-state index in [4.69, 9.17) is 11.6 Å². The minimum Gasteiger partial charge on any atom is -0.382 e. The molecule has 0 spiro atoms. The van der Waals surface area contributed by atoms with Crippen LogP contribution in [-0.2, 0) is 4.79 Å². The van der Waals surface area contributed by atoms with Gasteiger partial charge in [-0.15, -0.1) is 0 Å². The van der Waals surface area contributed by atoms with Crippen molar-refractivity contribution < 1.29 is 4.79 Å². The molecule has 0 aliphatic carbocycles. The predicted molar refractivity (Wildman–Crippen MR) is 64.2 cm³/mol. The Bertz CT molecular complexity index is 346. The maximum absolute atomic E-state index is 10.8. The topological polar surface area (TPSA) is 41.1 Å². The second-order valence-electron chi connectivity index (χ2n) is 3.00. The van der Waals surface area contributed by atoms with Crippen LogP contribution in [0.4, 0.5) is 11.4 Å². The van der Waals surface area contributed by atoms with Crippen molar-refractivity contribution in [2.45, 2.75) is 6.92 Å². The molecule has 1 rings (SSSR count). The van der Waals surface area contributed by atoms with Gasteiger partial charge in [-0.3, -0.25) is 4.79 Å². The van der Waals surface area contributed by atoms with Crippen molar-refractivity contribution in [2.24, 2.45) is 0 Å². The number of hydrogen-bond donors (Lipinski definition) is 2. The van der Waals surface area contributed by atoms with Gasteiger partial charge in [0.15, 0.2) is 0 Å². The molecule has 0 heterocycles. The number of carbonyl (C=O) groups is 1.